The zero-order chi connectivity index (χ0) is 15.4. The highest BCUT2D eigenvalue weighted by atomic mass is 79.9. The van der Waals surface area contributed by atoms with Crippen molar-refractivity contribution >= 4 is 27.5 Å². The van der Waals surface area contributed by atoms with E-state index in [1.807, 2.05) is 18.2 Å². The average Bonchev–Trinajstić information content (AvgIpc) is 2.68. The van der Waals surface area contributed by atoms with Crippen molar-refractivity contribution in [1.82, 2.24) is 4.57 Å². The van der Waals surface area contributed by atoms with Crippen LogP contribution in [0.15, 0.2) is 28.7 Å². The highest BCUT2D eigenvalue weighted by Crippen LogP contribution is 2.43. The first-order valence-electron chi connectivity index (χ1n) is 7.13. The molecule has 1 unspecified atom stereocenters. The van der Waals surface area contributed by atoms with Crippen molar-refractivity contribution < 1.29 is 5.11 Å². The van der Waals surface area contributed by atoms with E-state index in [9.17, 15) is 5.11 Å². The SMILES string of the molecule is Cc1cc2c(n1-c1cc(Br)ccc1Cl)CC(C)(C)CC2O. The minimum absolute atomic E-state index is 0.0907. The molecule has 0 bridgehead atoms. The Bertz CT molecular complexity index is 705. The van der Waals surface area contributed by atoms with Gasteiger partial charge in [-0.15, -0.1) is 0 Å². The van der Waals surface area contributed by atoms with Gasteiger partial charge in [0.25, 0.3) is 0 Å². The number of aryl methyl sites for hydroxylation is 1. The predicted molar refractivity (Wildman–Crippen MR) is 90.3 cm³/mol. The maximum Gasteiger partial charge on any atom is 0.0812 e. The Balaban J connectivity index is 2.23. The van der Waals surface area contributed by atoms with Crippen LogP contribution in [0.4, 0.5) is 0 Å². The molecule has 1 aromatic heterocycles. The second-order valence-corrected chi connectivity index (χ2v) is 8.00. The summed E-state index contributed by atoms with van der Waals surface area (Å²) in [5, 5.41) is 11.2. The number of hydrogen-bond donors (Lipinski definition) is 1. The molecule has 0 radical (unpaired) electrons. The molecular weight excluding hydrogens is 350 g/mol. The number of aliphatic hydroxyl groups is 1. The number of hydrogen-bond acceptors (Lipinski definition) is 1. The van der Waals surface area contributed by atoms with E-state index in [0.717, 1.165) is 39.3 Å². The highest BCUT2D eigenvalue weighted by Gasteiger charge is 2.34. The van der Waals surface area contributed by atoms with Gasteiger partial charge in [0.15, 0.2) is 0 Å². The molecule has 0 fully saturated rings. The fourth-order valence-corrected chi connectivity index (χ4v) is 3.89. The molecule has 4 heteroatoms. The van der Waals surface area contributed by atoms with E-state index in [4.69, 9.17) is 11.6 Å². The highest BCUT2D eigenvalue weighted by molar-refractivity contribution is 9.10. The second kappa shape index (κ2) is 5.15. The van der Waals surface area contributed by atoms with E-state index >= 15 is 0 Å². The van der Waals surface area contributed by atoms with Crippen molar-refractivity contribution in [3.05, 3.63) is 50.7 Å². The molecule has 0 saturated carbocycles. The molecule has 1 N–H and O–H groups in total. The van der Waals surface area contributed by atoms with Crippen molar-refractivity contribution in [2.45, 2.75) is 39.7 Å². The van der Waals surface area contributed by atoms with Gasteiger partial charge in [-0.1, -0.05) is 41.4 Å². The van der Waals surface area contributed by atoms with Crippen LogP contribution < -0.4 is 0 Å². The zero-order valence-electron chi connectivity index (χ0n) is 12.5. The summed E-state index contributed by atoms with van der Waals surface area (Å²) in [5.74, 6) is 0. The van der Waals surface area contributed by atoms with E-state index in [1.165, 1.54) is 5.69 Å². The minimum Gasteiger partial charge on any atom is -0.388 e. The van der Waals surface area contributed by atoms with Gasteiger partial charge in [0.05, 0.1) is 16.8 Å². The molecule has 112 valence electrons. The van der Waals surface area contributed by atoms with Crippen LogP contribution in [0.5, 0.6) is 0 Å². The van der Waals surface area contributed by atoms with Gasteiger partial charge in [0, 0.05) is 21.4 Å². The first-order valence-corrected chi connectivity index (χ1v) is 8.30. The third-order valence-corrected chi connectivity index (χ3v) is 5.03. The molecule has 0 amide bonds. The molecule has 0 saturated heterocycles. The van der Waals surface area contributed by atoms with Crippen LogP contribution in [0.2, 0.25) is 5.02 Å². The van der Waals surface area contributed by atoms with Crippen molar-refractivity contribution in [1.29, 1.82) is 0 Å². The molecule has 1 aromatic carbocycles. The third kappa shape index (κ3) is 2.67. The van der Waals surface area contributed by atoms with Gasteiger partial charge in [0.2, 0.25) is 0 Å². The van der Waals surface area contributed by atoms with E-state index in [0.29, 0.717) is 0 Å². The molecule has 21 heavy (non-hydrogen) atoms. The molecule has 3 rings (SSSR count). The van der Waals surface area contributed by atoms with Crippen molar-refractivity contribution in [2.75, 3.05) is 0 Å². The lowest BCUT2D eigenvalue weighted by atomic mass is 9.75. The van der Waals surface area contributed by atoms with Gasteiger partial charge in [-0.2, -0.15) is 0 Å². The quantitative estimate of drug-likeness (QED) is 0.734. The van der Waals surface area contributed by atoms with E-state index in [2.05, 4.69) is 47.3 Å². The van der Waals surface area contributed by atoms with E-state index < -0.39 is 6.10 Å². The van der Waals surface area contributed by atoms with Gasteiger partial charge in [-0.3, -0.25) is 0 Å². The van der Waals surface area contributed by atoms with Crippen molar-refractivity contribution in [2.24, 2.45) is 5.41 Å². The second-order valence-electron chi connectivity index (χ2n) is 6.68. The predicted octanol–water partition coefficient (Wildman–Crippen LogP) is 5.21. The lowest BCUT2D eigenvalue weighted by Gasteiger charge is -2.34. The number of fused-ring (bicyclic) bond motifs is 1. The summed E-state index contributed by atoms with van der Waals surface area (Å²) in [7, 11) is 0. The maximum absolute atomic E-state index is 10.4. The molecule has 1 atom stereocenters. The Hall–Kier alpha value is -0.770. The maximum atomic E-state index is 10.4. The monoisotopic (exact) mass is 367 g/mol. The van der Waals surface area contributed by atoms with Crippen LogP contribution in [0.3, 0.4) is 0 Å². The Morgan fingerprint density at radius 2 is 2.05 bits per heavy atom. The molecule has 0 spiro atoms. The van der Waals surface area contributed by atoms with Gasteiger partial charge < -0.3 is 9.67 Å². The molecule has 0 aliphatic heterocycles. The molecule has 1 heterocycles. The molecule has 1 aliphatic rings. The first-order chi connectivity index (χ1) is 9.78. The normalized spacial score (nSPS) is 20.4. The van der Waals surface area contributed by atoms with Crippen LogP contribution in [-0.4, -0.2) is 9.67 Å². The van der Waals surface area contributed by atoms with E-state index in [-0.39, 0.29) is 5.41 Å². The van der Waals surface area contributed by atoms with Crippen LogP contribution in [-0.2, 0) is 6.42 Å². The Labute approximate surface area is 138 Å². The molecule has 1 aliphatic carbocycles. The Morgan fingerprint density at radius 1 is 1.33 bits per heavy atom. The average molecular weight is 369 g/mol. The summed E-state index contributed by atoms with van der Waals surface area (Å²) in [6.45, 7) is 6.47. The summed E-state index contributed by atoms with van der Waals surface area (Å²) in [6.07, 6.45) is 1.35. The number of halogens is 2. The largest absolute Gasteiger partial charge is 0.388 e. The zero-order valence-corrected chi connectivity index (χ0v) is 14.8. The first kappa shape index (κ1) is 15.1. The summed E-state index contributed by atoms with van der Waals surface area (Å²) in [4.78, 5) is 0. The fraction of sp³-hybridized carbons (Fsp3) is 0.412. The van der Waals surface area contributed by atoms with Gasteiger partial charge in [-0.25, -0.2) is 0 Å². The summed E-state index contributed by atoms with van der Waals surface area (Å²) >= 11 is 9.92. The summed E-state index contributed by atoms with van der Waals surface area (Å²) in [6, 6.07) is 7.96. The van der Waals surface area contributed by atoms with E-state index in [1.54, 1.807) is 0 Å². The number of benzene rings is 1. The minimum atomic E-state index is -0.394. The fourth-order valence-electron chi connectivity index (χ4n) is 3.34. The van der Waals surface area contributed by atoms with Gasteiger partial charge in [-0.05, 0) is 49.4 Å². The lowest BCUT2D eigenvalue weighted by Crippen LogP contribution is -2.26. The van der Waals surface area contributed by atoms with Gasteiger partial charge >= 0.3 is 0 Å². The number of rotatable bonds is 1. The van der Waals surface area contributed by atoms with Crippen molar-refractivity contribution in [3.63, 3.8) is 0 Å². The lowest BCUT2D eigenvalue weighted by molar-refractivity contribution is 0.0987. The Morgan fingerprint density at radius 3 is 2.76 bits per heavy atom. The number of aliphatic hydroxyl groups excluding tert-OH is 1. The summed E-state index contributed by atoms with van der Waals surface area (Å²) in [5.41, 5.74) is 4.39. The van der Waals surface area contributed by atoms with Crippen LogP contribution in [0.1, 0.15) is 43.3 Å². The number of aromatic nitrogens is 1. The summed E-state index contributed by atoms with van der Waals surface area (Å²) < 4.78 is 3.19. The van der Waals surface area contributed by atoms with Gasteiger partial charge in [0.1, 0.15) is 0 Å². The van der Waals surface area contributed by atoms with Crippen LogP contribution in [0.25, 0.3) is 5.69 Å². The molecule has 2 nitrogen and oxygen atoms in total. The Kier molecular flexibility index (Phi) is 3.71. The van der Waals surface area contributed by atoms with Crippen LogP contribution in [0, 0.1) is 12.3 Å². The molecule has 2 aromatic rings. The third-order valence-electron chi connectivity index (χ3n) is 4.22. The standard InChI is InChI=1S/C17H19BrClNO/c1-10-6-12-15(8-17(2,3)9-16(12)21)20(10)14-7-11(18)4-5-13(14)19/h4-7,16,21H,8-9H2,1-3H3. The smallest absolute Gasteiger partial charge is 0.0812 e. The number of nitrogens with zero attached hydrogens (tertiary/aromatic N) is 1. The van der Waals surface area contributed by atoms with Crippen molar-refractivity contribution in [3.8, 4) is 5.69 Å². The van der Waals surface area contributed by atoms with Crippen LogP contribution >= 0.6 is 27.5 Å². The topological polar surface area (TPSA) is 25.2 Å². The molecular formula is C17H19BrClNO.